The Morgan fingerprint density at radius 1 is 1.43 bits per heavy atom. The second-order valence-corrected chi connectivity index (χ2v) is 5.88. The summed E-state index contributed by atoms with van der Waals surface area (Å²) in [6, 6.07) is 8.25. The summed E-state index contributed by atoms with van der Waals surface area (Å²) in [7, 11) is 1.63. The van der Waals surface area contributed by atoms with Crippen molar-refractivity contribution in [2.45, 2.75) is 44.5 Å². The van der Waals surface area contributed by atoms with Crippen molar-refractivity contribution in [3.8, 4) is 0 Å². The second-order valence-electron chi connectivity index (χ2n) is 5.88. The smallest absolute Gasteiger partial charge is 0.139 e. The Bertz CT molecular complexity index is 468. The summed E-state index contributed by atoms with van der Waals surface area (Å²) in [6.07, 6.45) is 2.86. The van der Waals surface area contributed by atoms with Gasteiger partial charge in [0, 0.05) is 13.0 Å². The lowest BCUT2D eigenvalue weighted by Crippen LogP contribution is -2.55. The number of methoxy groups -OCH3 is 1. The average Bonchev–Trinajstić information content (AvgIpc) is 2.50. The molecule has 0 aliphatic carbocycles. The molecule has 1 aliphatic rings. The van der Waals surface area contributed by atoms with Gasteiger partial charge in [0.25, 0.3) is 0 Å². The molecule has 21 heavy (non-hydrogen) atoms. The summed E-state index contributed by atoms with van der Waals surface area (Å²) in [6.45, 7) is 8.62. The molecule has 1 aromatic carbocycles. The summed E-state index contributed by atoms with van der Waals surface area (Å²) in [5.74, 6) is 0.150. The van der Waals surface area contributed by atoms with Crippen LogP contribution in [0.5, 0.6) is 0 Å². The van der Waals surface area contributed by atoms with E-state index in [4.69, 9.17) is 9.47 Å². The summed E-state index contributed by atoms with van der Waals surface area (Å²) in [5.41, 5.74) is 1.33. The Labute approximate surface area is 127 Å². The molecule has 1 N–H and O–H groups in total. The molecule has 0 unspecified atom stereocenters. The lowest BCUT2D eigenvalue weighted by atomic mass is 9.79. The van der Waals surface area contributed by atoms with Crippen molar-refractivity contribution >= 4 is 0 Å². The molecule has 4 atom stereocenters. The van der Waals surface area contributed by atoms with Crippen LogP contribution in [0.15, 0.2) is 36.9 Å². The molecular formula is C18H26O3. The molecular weight excluding hydrogens is 264 g/mol. The van der Waals surface area contributed by atoms with E-state index in [0.29, 0.717) is 6.61 Å². The SMILES string of the molecule is C=C[C@@]1(c2ccc(CCC)cc2)OC[C@H](C)[C@H](OC)[C@H]1O. The lowest BCUT2D eigenvalue weighted by molar-refractivity contribution is -0.208. The van der Waals surface area contributed by atoms with Crippen LogP contribution in [0.2, 0.25) is 0 Å². The number of benzene rings is 1. The monoisotopic (exact) mass is 290 g/mol. The minimum absolute atomic E-state index is 0.150. The minimum Gasteiger partial charge on any atom is -0.387 e. The topological polar surface area (TPSA) is 38.7 Å². The van der Waals surface area contributed by atoms with Crippen molar-refractivity contribution in [3.63, 3.8) is 0 Å². The number of hydrogen-bond acceptors (Lipinski definition) is 3. The van der Waals surface area contributed by atoms with Gasteiger partial charge in [0.15, 0.2) is 0 Å². The van der Waals surface area contributed by atoms with Gasteiger partial charge in [-0.25, -0.2) is 0 Å². The summed E-state index contributed by atoms with van der Waals surface area (Å²) < 4.78 is 11.5. The van der Waals surface area contributed by atoms with Crippen molar-refractivity contribution in [2.75, 3.05) is 13.7 Å². The quantitative estimate of drug-likeness (QED) is 0.847. The normalized spacial score (nSPS) is 32.9. The number of ether oxygens (including phenoxy) is 2. The fourth-order valence-electron chi connectivity index (χ4n) is 3.14. The molecule has 0 aromatic heterocycles. The van der Waals surface area contributed by atoms with Gasteiger partial charge in [-0.15, -0.1) is 0 Å². The van der Waals surface area contributed by atoms with Crippen LogP contribution in [0.3, 0.4) is 0 Å². The third-order valence-corrected chi connectivity index (χ3v) is 4.42. The average molecular weight is 290 g/mol. The fourth-order valence-corrected chi connectivity index (χ4v) is 3.14. The molecule has 1 fully saturated rings. The molecule has 1 heterocycles. The standard InChI is InChI=1S/C18H26O3/c1-5-7-14-8-10-15(11-9-14)18(6-2)17(19)16(20-4)13(3)12-21-18/h6,8-11,13,16-17,19H,2,5,7,12H2,1,3-4H3/t13-,16-,17+,18-/m0/s1. The first-order chi connectivity index (χ1) is 10.1. The van der Waals surface area contributed by atoms with Crippen LogP contribution in [-0.2, 0) is 21.5 Å². The van der Waals surface area contributed by atoms with Gasteiger partial charge in [0.2, 0.25) is 0 Å². The van der Waals surface area contributed by atoms with E-state index < -0.39 is 11.7 Å². The molecule has 0 radical (unpaired) electrons. The van der Waals surface area contributed by atoms with E-state index in [-0.39, 0.29) is 12.0 Å². The van der Waals surface area contributed by atoms with Gasteiger partial charge in [-0.3, -0.25) is 0 Å². The zero-order valence-electron chi connectivity index (χ0n) is 13.2. The Balaban J connectivity index is 2.34. The third-order valence-electron chi connectivity index (χ3n) is 4.42. The summed E-state index contributed by atoms with van der Waals surface area (Å²) in [4.78, 5) is 0. The molecule has 1 aliphatic heterocycles. The first-order valence-electron chi connectivity index (χ1n) is 7.66. The van der Waals surface area contributed by atoms with Crippen molar-refractivity contribution in [1.82, 2.24) is 0 Å². The van der Waals surface area contributed by atoms with Crippen LogP contribution in [0.4, 0.5) is 0 Å². The summed E-state index contributed by atoms with van der Waals surface area (Å²) in [5, 5.41) is 10.8. The van der Waals surface area contributed by atoms with Crippen molar-refractivity contribution in [1.29, 1.82) is 0 Å². The van der Waals surface area contributed by atoms with Crippen LogP contribution in [-0.4, -0.2) is 31.0 Å². The number of hydrogen-bond donors (Lipinski definition) is 1. The molecule has 0 saturated carbocycles. The van der Waals surface area contributed by atoms with E-state index >= 15 is 0 Å². The van der Waals surface area contributed by atoms with Crippen molar-refractivity contribution in [2.24, 2.45) is 5.92 Å². The van der Waals surface area contributed by atoms with Crippen LogP contribution >= 0.6 is 0 Å². The van der Waals surface area contributed by atoms with Gasteiger partial charge in [0.1, 0.15) is 11.7 Å². The number of aryl methyl sites for hydroxylation is 1. The largest absolute Gasteiger partial charge is 0.387 e. The maximum absolute atomic E-state index is 10.8. The van der Waals surface area contributed by atoms with E-state index in [1.807, 2.05) is 19.1 Å². The van der Waals surface area contributed by atoms with E-state index in [2.05, 4.69) is 25.6 Å². The Morgan fingerprint density at radius 3 is 2.62 bits per heavy atom. The highest BCUT2D eigenvalue weighted by atomic mass is 16.5. The van der Waals surface area contributed by atoms with E-state index in [0.717, 1.165) is 18.4 Å². The molecule has 3 nitrogen and oxygen atoms in total. The van der Waals surface area contributed by atoms with Gasteiger partial charge in [0.05, 0.1) is 12.7 Å². The molecule has 0 spiro atoms. The van der Waals surface area contributed by atoms with E-state index in [1.54, 1.807) is 13.2 Å². The van der Waals surface area contributed by atoms with Gasteiger partial charge < -0.3 is 14.6 Å². The van der Waals surface area contributed by atoms with Gasteiger partial charge in [-0.05, 0) is 17.5 Å². The van der Waals surface area contributed by atoms with Crippen LogP contribution in [0.25, 0.3) is 0 Å². The highest BCUT2D eigenvalue weighted by Gasteiger charge is 2.48. The van der Waals surface area contributed by atoms with Crippen LogP contribution in [0, 0.1) is 5.92 Å². The number of aliphatic hydroxyl groups excluding tert-OH is 1. The molecule has 3 heteroatoms. The molecule has 1 saturated heterocycles. The van der Waals surface area contributed by atoms with Gasteiger partial charge in [-0.2, -0.15) is 0 Å². The van der Waals surface area contributed by atoms with Crippen molar-refractivity contribution < 1.29 is 14.6 Å². The fraction of sp³-hybridized carbons (Fsp3) is 0.556. The Morgan fingerprint density at radius 2 is 2.10 bits per heavy atom. The Kier molecular flexibility index (Phi) is 5.20. The molecule has 0 amide bonds. The van der Waals surface area contributed by atoms with E-state index in [9.17, 15) is 5.11 Å². The van der Waals surface area contributed by atoms with Crippen molar-refractivity contribution in [3.05, 3.63) is 48.0 Å². The molecule has 0 bridgehead atoms. The first-order valence-corrected chi connectivity index (χ1v) is 7.66. The van der Waals surface area contributed by atoms with Gasteiger partial charge in [-0.1, -0.05) is 57.2 Å². The lowest BCUT2D eigenvalue weighted by Gasteiger charge is -2.46. The molecule has 2 rings (SSSR count). The highest BCUT2D eigenvalue weighted by molar-refractivity contribution is 5.33. The number of aliphatic hydroxyl groups is 1. The summed E-state index contributed by atoms with van der Waals surface area (Å²) >= 11 is 0. The second kappa shape index (κ2) is 6.73. The first kappa shape index (κ1) is 16.2. The number of rotatable bonds is 5. The molecule has 116 valence electrons. The maximum Gasteiger partial charge on any atom is 0.139 e. The zero-order valence-corrected chi connectivity index (χ0v) is 13.2. The predicted octanol–water partition coefficient (Wildman–Crippen LogP) is 3.06. The zero-order chi connectivity index (χ0) is 15.5. The van der Waals surface area contributed by atoms with Gasteiger partial charge >= 0.3 is 0 Å². The van der Waals surface area contributed by atoms with Crippen LogP contribution < -0.4 is 0 Å². The Hall–Kier alpha value is -1.16. The third kappa shape index (κ3) is 2.91. The minimum atomic E-state index is -0.891. The van der Waals surface area contributed by atoms with Crippen LogP contribution in [0.1, 0.15) is 31.4 Å². The maximum atomic E-state index is 10.8. The predicted molar refractivity (Wildman–Crippen MR) is 84.2 cm³/mol. The molecule has 1 aromatic rings. The van der Waals surface area contributed by atoms with E-state index in [1.165, 1.54) is 5.56 Å². The highest BCUT2D eigenvalue weighted by Crippen LogP contribution is 2.39.